The van der Waals surface area contributed by atoms with Gasteiger partial charge in [-0.25, -0.2) is 4.98 Å². The Morgan fingerprint density at radius 1 is 1.45 bits per heavy atom. The van der Waals surface area contributed by atoms with Gasteiger partial charge in [0.2, 0.25) is 5.88 Å². The molecule has 0 amide bonds. The number of aromatic nitrogens is 1. The first-order valence-electron chi connectivity index (χ1n) is 7.56. The van der Waals surface area contributed by atoms with Crippen LogP contribution < -0.4 is 10.1 Å². The van der Waals surface area contributed by atoms with E-state index in [-0.39, 0.29) is 0 Å². The van der Waals surface area contributed by atoms with E-state index in [1.54, 1.807) is 0 Å². The monoisotopic (exact) mass is 277 g/mol. The molecule has 1 unspecified atom stereocenters. The van der Waals surface area contributed by atoms with Crippen LogP contribution in [0.5, 0.6) is 5.88 Å². The molecule has 1 saturated heterocycles. The van der Waals surface area contributed by atoms with E-state index in [1.807, 2.05) is 14.0 Å². The maximum atomic E-state index is 5.98. The lowest BCUT2D eigenvalue weighted by atomic mass is 10.1. The number of nitrogens with one attached hydrogen (secondary N) is 1. The summed E-state index contributed by atoms with van der Waals surface area (Å²) >= 11 is 0. The van der Waals surface area contributed by atoms with Crippen molar-refractivity contribution in [3.8, 4) is 5.88 Å². The van der Waals surface area contributed by atoms with Crippen molar-refractivity contribution in [3.05, 3.63) is 22.9 Å². The van der Waals surface area contributed by atoms with Crippen LogP contribution >= 0.6 is 0 Å². The molecule has 0 aliphatic carbocycles. The van der Waals surface area contributed by atoms with E-state index >= 15 is 0 Å². The molecule has 1 aromatic heterocycles. The molecular weight excluding hydrogens is 250 g/mol. The van der Waals surface area contributed by atoms with E-state index in [4.69, 9.17) is 4.74 Å². The van der Waals surface area contributed by atoms with Crippen LogP contribution in [0, 0.1) is 13.8 Å². The number of ether oxygens (including phenoxy) is 1. The highest BCUT2D eigenvalue weighted by atomic mass is 16.5. The Balaban J connectivity index is 1.97. The van der Waals surface area contributed by atoms with Crippen LogP contribution in [0.4, 0.5) is 0 Å². The average molecular weight is 277 g/mol. The lowest BCUT2D eigenvalue weighted by Gasteiger charge is -2.20. The quantitative estimate of drug-likeness (QED) is 0.865. The molecule has 2 rings (SSSR count). The maximum Gasteiger partial charge on any atom is 0.218 e. The fraction of sp³-hybridized carbons (Fsp3) is 0.688. The van der Waals surface area contributed by atoms with Gasteiger partial charge in [0.05, 0.1) is 6.61 Å². The van der Waals surface area contributed by atoms with Crippen molar-refractivity contribution in [1.29, 1.82) is 0 Å². The molecule has 1 atom stereocenters. The molecule has 112 valence electrons. The minimum absolute atomic E-state index is 0.675. The van der Waals surface area contributed by atoms with E-state index in [9.17, 15) is 0 Å². The van der Waals surface area contributed by atoms with Gasteiger partial charge in [0.1, 0.15) is 0 Å². The number of aryl methyl sites for hydroxylation is 2. The first-order chi connectivity index (χ1) is 9.61. The van der Waals surface area contributed by atoms with Gasteiger partial charge in [-0.1, -0.05) is 0 Å². The molecule has 1 fully saturated rings. The third kappa shape index (κ3) is 3.70. The van der Waals surface area contributed by atoms with Crippen molar-refractivity contribution >= 4 is 0 Å². The average Bonchev–Trinajstić information content (AvgIpc) is 2.79. The molecule has 20 heavy (non-hydrogen) atoms. The fourth-order valence-corrected chi connectivity index (χ4v) is 2.98. The fourth-order valence-electron chi connectivity index (χ4n) is 2.98. The van der Waals surface area contributed by atoms with Crippen molar-refractivity contribution in [3.63, 3.8) is 0 Å². The molecule has 4 nitrogen and oxygen atoms in total. The maximum absolute atomic E-state index is 5.98. The number of likely N-dealkylation sites (tertiary alicyclic amines) is 1. The van der Waals surface area contributed by atoms with Crippen LogP contribution in [0.3, 0.4) is 0 Å². The Labute approximate surface area is 122 Å². The summed E-state index contributed by atoms with van der Waals surface area (Å²) in [7, 11) is 4.16. The van der Waals surface area contributed by atoms with Gasteiger partial charge in [-0.15, -0.1) is 0 Å². The van der Waals surface area contributed by atoms with Crippen molar-refractivity contribution < 1.29 is 4.74 Å². The summed E-state index contributed by atoms with van der Waals surface area (Å²) in [5, 5.41) is 3.20. The summed E-state index contributed by atoms with van der Waals surface area (Å²) < 4.78 is 5.98. The van der Waals surface area contributed by atoms with E-state index in [0.29, 0.717) is 6.04 Å². The normalized spacial score (nSPS) is 19.5. The largest absolute Gasteiger partial charge is 0.477 e. The van der Waals surface area contributed by atoms with E-state index < -0.39 is 0 Å². The molecule has 1 aliphatic heterocycles. The Hall–Kier alpha value is -1.13. The number of hydrogen-bond donors (Lipinski definition) is 1. The van der Waals surface area contributed by atoms with Crippen molar-refractivity contribution in [2.45, 2.75) is 45.7 Å². The minimum atomic E-state index is 0.675. The minimum Gasteiger partial charge on any atom is -0.477 e. The van der Waals surface area contributed by atoms with Crippen molar-refractivity contribution in [2.24, 2.45) is 0 Å². The number of rotatable bonds is 6. The van der Waals surface area contributed by atoms with Crippen LogP contribution in [-0.4, -0.2) is 43.2 Å². The number of hydrogen-bond acceptors (Lipinski definition) is 4. The van der Waals surface area contributed by atoms with Gasteiger partial charge in [-0.3, -0.25) is 0 Å². The molecule has 1 aliphatic rings. The van der Waals surface area contributed by atoms with Gasteiger partial charge >= 0.3 is 0 Å². The lowest BCUT2D eigenvalue weighted by molar-refractivity contribution is 0.227. The van der Waals surface area contributed by atoms with Crippen LogP contribution in [0.15, 0.2) is 6.07 Å². The summed E-state index contributed by atoms with van der Waals surface area (Å²) in [4.78, 5) is 7.00. The molecule has 4 heteroatoms. The molecule has 2 heterocycles. The highest BCUT2D eigenvalue weighted by molar-refractivity contribution is 5.35. The topological polar surface area (TPSA) is 37.4 Å². The first kappa shape index (κ1) is 15.3. The van der Waals surface area contributed by atoms with Crippen LogP contribution in [-0.2, 0) is 6.54 Å². The Bertz CT molecular complexity index is 448. The molecule has 0 radical (unpaired) electrons. The summed E-state index contributed by atoms with van der Waals surface area (Å²) in [5.74, 6) is 0.803. The zero-order valence-corrected chi connectivity index (χ0v) is 13.2. The molecule has 0 bridgehead atoms. The Morgan fingerprint density at radius 3 is 2.90 bits per heavy atom. The Morgan fingerprint density at radius 2 is 2.25 bits per heavy atom. The van der Waals surface area contributed by atoms with Crippen LogP contribution in [0.2, 0.25) is 0 Å². The summed E-state index contributed by atoms with van der Waals surface area (Å²) in [5.41, 5.74) is 3.45. The van der Waals surface area contributed by atoms with Gasteiger partial charge in [0, 0.05) is 23.8 Å². The standard InChI is InChI=1S/C16H27N3O/c1-12-10-13(2)18-16(15(12)11-17-3)20-9-7-14-6-5-8-19(14)4/h10,14,17H,5-9,11H2,1-4H3. The summed E-state index contributed by atoms with van der Waals surface area (Å²) in [6.45, 7) is 6.92. The molecule has 0 aromatic carbocycles. The highest BCUT2D eigenvalue weighted by Crippen LogP contribution is 2.22. The number of pyridine rings is 1. The SMILES string of the molecule is CNCc1c(C)cc(C)nc1OCCC1CCCN1C. The second kappa shape index (κ2) is 7.04. The van der Waals surface area contributed by atoms with Crippen LogP contribution in [0.25, 0.3) is 0 Å². The lowest BCUT2D eigenvalue weighted by Crippen LogP contribution is -2.26. The highest BCUT2D eigenvalue weighted by Gasteiger charge is 2.20. The molecule has 0 saturated carbocycles. The summed E-state index contributed by atoms with van der Waals surface area (Å²) in [6.07, 6.45) is 3.70. The second-order valence-corrected chi connectivity index (χ2v) is 5.81. The molecule has 0 spiro atoms. The Kier molecular flexibility index (Phi) is 5.38. The van der Waals surface area contributed by atoms with Crippen molar-refractivity contribution in [1.82, 2.24) is 15.2 Å². The van der Waals surface area contributed by atoms with E-state index in [0.717, 1.165) is 31.1 Å². The summed E-state index contributed by atoms with van der Waals surface area (Å²) in [6, 6.07) is 2.79. The predicted octanol–water partition coefficient (Wildman–Crippen LogP) is 2.28. The molecule has 1 aromatic rings. The zero-order chi connectivity index (χ0) is 14.5. The van der Waals surface area contributed by atoms with E-state index in [1.165, 1.54) is 30.5 Å². The zero-order valence-electron chi connectivity index (χ0n) is 13.2. The van der Waals surface area contributed by atoms with Gasteiger partial charge in [-0.05, 0) is 65.4 Å². The first-order valence-corrected chi connectivity index (χ1v) is 7.56. The van der Waals surface area contributed by atoms with Gasteiger partial charge in [0.15, 0.2) is 0 Å². The molecule has 1 N–H and O–H groups in total. The third-order valence-electron chi connectivity index (χ3n) is 4.15. The number of nitrogens with zero attached hydrogens (tertiary/aromatic N) is 2. The smallest absolute Gasteiger partial charge is 0.218 e. The van der Waals surface area contributed by atoms with Crippen molar-refractivity contribution in [2.75, 3.05) is 27.2 Å². The van der Waals surface area contributed by atoms with Crippen LogP contribution in [0.1, 0.15) is 36.1 Å². The van der Waals surface area contributed by atoms with Gasteiger partial charge in [-0.2, -0.15) is 0 Å². The molecular formula is C16H27N3O. The third-order valence-corrected chi connectivity index (χ3v) is 4.15. The predicted molar refractivity (Wildman–Crippen MR) is 82.2 cm³/mol. The van der Waals surface area contributed by atoms with Gasteiger partial charge < -0.3 is 15.0 Å². The second-order valence-electron chi connectivity index (χ2n) is 5.81. The van der Waals surface area contributed by atoms with E-state index in [2.05, 4.69) is 35.2 Å². The van der Waals surface area contributed by atoms with Gasteiger partial charge in [0.25, 0.3) is 0 Å².